The molecule has 2 aromatic rings. The third kappa shape index (κ3) is 3.18. The van der Waals surface area contributed by atoms with Crippen LogP contribution < -0.4 is 11.3 Å². The van der Waals surface area contributed by atoms with Gasteiger partial charge in [-0.1, -0.05) is 29.3 Å². The predicted molar refractivity (Wildman–Crippen MR) is 85.9 cm³/mol. The van der Waals surface area contributed by atoms with Crippen LogP contribution in [-0.4, -0.2) is 9.78 Å². The van der Waals surface area contributed by atoms with Crippen molar-refractivity contribution in [1.82, 2.24) is 15.2 Å². The van der Waals surface area contributed by atoms with Gasteiger partial charge in [0.25, 0.3) is 0 Å². The number of hydrazine groups is 1. The highest BCUT2D eigenvalue weighted by molar-refractivity contribution is 9.10. The first-order valence-corrected chi connectivity index (χ1v) is 7.58. The Bertz CT molecular complexity index is 627. The minimum Gasteiger partial charge on any atom is -0.271 e. The Hall–Kier alpha value is -0.590. The van der Waals surface area contributed by atoms with Crippen LogP contribution in [0.15, 0.2) is 22.7 Å². The molecule has 0 amide bonds. The summed E-state index contributed by atoms with van der Waals surface area (Å²) in [6.45, 7) is 1.88. The fraction of sp³-hybridized carbons (Fsp3) is 0.308. The van der Waals surface area contributed by atoms with Gasteiger partial charge >= 0.3 is 0 Å². The summed E-state index contributed by atoms with van der Waals surface area (Å²) in [5.74, 6) is 5.68. The maximum Gasteiger partial charge on any atom is 0.0847 e. The van der Waals surface area contributed by atoms with Crippen LogP contribution in [0.4, 0.5) is 0 Å². The molecular formula is C13H15BrCl2N4. The second-order valence-corrected chi connectivity index (χ2v) is 6.21. The number of halogens is 3. The van der Waals surface area contributed by atoms with Crippen molar-refractivity contribution >= 4 is 39.1 Å². The Morgan fingerprint density at radius 2 is 2.15 bits per heavy atom. The normalized spacial score (nSPS) is 12.7. The molecule has 2 rings (SSSR count). The second kappa shape index (κ2) is 6.45. The lowest BCUT2D eigenvalue weighted by atomic mass is 10.0. The first kappa shape index (κ1) is 15.8. The third-order valence-electron chi connectivity index (χ3n) is 3.21. The standard InChI is InChI=1S/C13H15BrCl2N4/c1-7-13(16)12(20(2)19-7)6-11(18-17)8-3-4-10(15)9(14)5-8/h3-5,11,18H,6,17H2,1-2H3. The van der Waals surface area contributed by atoms with E-state index in [1.165, 1.54) is 0 Å². The zero-order valence-electron chi connectivity index (χ0n) is 11.1. The number of rotatable bonds is 4. The van der Waals surface area contributed by atoms with E-state index in [4.69, 9.17) is 29.0 Å². The number of aromatic nitrogens is 2. The Morgan fingerprint density at radius 3 is 2.65 bits per heavy atom. The molecule has 0 radical (unpaired) electrons. The molecule has 0 bridgehead atoms. The molecule has 0 fully saturated rings. The van der Waals surface area contributed by atoms with Crippen LogP contribution >= 0.6 is 39.1 Å². The van der Waals surface area contributed by atoms with E-state index in [1.54, 1.807) is 4.68 Å². The summed E-state index contributed by atoms with van der Waals surface area (Å²) in [6, 6.07) is 5.65. The lowest BCUT2D eigenvalue weighted by molar-refractivity contribution is 0.530. The monoisotopic (exact) mass is 376 g/mol. The van der Waals surface area contributed by atoms with Crippen LogP contribution in [0, 0.1) is 6.92 Å². The van der Waals surface area contributed by atoms with Gasteiger partial charge in [0.2, 0.25) is 0 Å². The van der Waals surface area contributed by atoms with E-state index in [1.807, 2.05) is 32.2 Å². The molecule has 0 aliphatic rings. The van der Waals surface area contributed by atoms with Gasteiger partial charge in [-0.3, -0.25) is 16.0 Å². The summed E-state index contributed by atoms with van der Waals surface area (Å²) < 4.78 is 2.62. The van der Waals surface area contributed by atoms with Crippen LogP contribution in [0.3, 0.4) is 0 Å². The second-order valence-electron chi connectivity index (χ2n) is 4.57. The molecule has 1 atom stereocenters. The molecule has 0 saturated carbocycles. The van der Waals surface area contributed by atoms with E-state index in [0.29, 0.717) is 16.5 Å². The number of benzene rings is 1. The number of nitrogens with one attached hydrogen (secondary N) is 1. The van der Waals surface area contributed by atoms with Gasteiger partial charge in [-0.25, -0.2) is 0 Å². The van der Waals surface area contributed by atoms with Gasteiger partial charge in [0.05, 0.1) is 27.5 Å². The van der Waals surface area contributed by atoms with E-state index in [9.17, 15) is 0 Å². The molecule has 0 aliphatic heterocycles. The number of hydrogen-bond acceptors (Lipinski definition) is 3. The molecule has 0 spiro atoms. The topological polar surface area (TPSA) is 55.9 Å². The highest BCUT2D eigenvalue weighted by Gasteiger charge is 2.18. The Morgan fingerprint density at radius 1 is 1.45 bits per heavy atom. The average molecular weight is 378 g/mol. The van der Waals surface area contributed by atoms with Crippen LogP contribution in [-0.2, 0) is 13.5 Å². The summed E-state index contributed by atoms with van der Waals surface area (Å²) in [5.41, 5.74) is 5.60. The lowest BCUT2D eigenvalue weighted by Crippen LogP contribution is -2.30. The van der Waals surface area contributed by atoms with E-state index in [0.717, 1.165) is 21.4 Å². The maximum absolute atomic E-state index is 6.28. The van der Waals surface area contributed by atoms with E-state index in [-0.39, 0.29) is 6.04 Å². The van der Waals surface area contributed by atoms with Gasteiger partial charge in [0.15, 0.2) is 0 Å². The van der Waals surface area contributed by atoms with E-state index < -0.39 is 0 Å². The van der Waals surface area contributed by atoms with Crippen LogP contribution in [0.1, 0.15) is 23.0 Å². The highest BCUT2D eigenvalue weighted by atomic mass is 79.9. The van der Waals surface area contributed by atoms with Gasteiger partial charge < -0.3 is 0 Å². The molecule has 20 heavy (non-hydrogen) atoms. The van der Waals surface area contributed by atoms with Gasteiger partial charge in [0, 0.05) is 17.9 Å². The summed E-state index contributed by atoms with van der Waals surface area (Å²) >= 11 is 15.7. The molecule has 3 N–H and O–H groups in total. The van der Waals surface area contributed by atoms with Crippen molar-refractivity contribution in [3.8, 4) is 0 Å². The SMILES string of the molecule is Cc1nn(C)c(CC(NN)c2ccc(Cl)c(Br)c2)c1Cl. The molecular weight excluding hydrogens is 363 g/mol. The van der Waals surface area contributed by atoms with Crippen molar-refractivity contribution in [3.05, 3.63) is 49.7 Å². The van der Waals surface area contributed by atoms with Crippen molar-refractivity contribution < 1.29 is 0 Å². The van der Waals surface area contributed by atoms with Crippen molar-refractivity contribution in [1.29, 1.82) is 0 Å². The predicted octanol–water partition coefficient (Wildman–Crippen LogP) is 3.54. The lowest BCUT2D eigenvalue weighted by Gasteiger charge is -2.17. The van der Waals surface area contributed by atoms with Crippen molar-refractivity contribution in [2.75, 3.05) is 0 Å². The van der Waals surface area contributed by atoms with Gasteiger partial charge in [0.1, 0.15) is 0 Å². The molecule has 7 heteroatoms. The summed E-state index contributed by atoms with van der Waals surface area (Å²) in [7, 11) is 1.87. The molecule has 108 valence electrons. The Kier molecular flexibility index (Phi) is 5.09. The molecule has 1 unspecified atom stereocenters. The number of hydrogen-bond donors (Lipinski definition) is 2. The zero-order chi connectivity index (χ0) is 14.9. The molecule has 0 aliphatic carbocycles. The van der Waals surface area contributed by atoms with Gasteiger partial charge in [-0.05, 0) is 40.5 Å². The number of aryl methyl sites for hydroxylation is 2. The maximum atomic E-state index is 6.28. The molecule has 4 nitrogen and oxygen atoms in total. The largest absolute Gasteiger partial charge is 0.271 e. The molecule has 0 saturated heterocycles. The number of nitrogens with zero attached hydrogens (tertiary/aromatic N) is 2. The fourth-order valence-corrected chi connectivity index (χ4v) is 2.85. The number of nitrogens with two attached hydrogens (primary N) is 1. The van der Waals surface area contributed by atoms with E-state index >= 15 is 0 Å². The smallest absolute Gasteiger partial charge is 0.0847 e. The average Bonchev–Trinajstić information content (AvgIpc) is 2.65. The van der Waals surface area contributed by atoms with Crippen LogP contribution in [0.25, 0.3) is 0 Å². The quantitative estimate of drug-likeness (QED) is 0.632. The van der Waals surface area contributed by atoms with Crippen LogP contribution in [0.5, 0.6) is 0 Å². The first-order valence-electron chi connectivity index (χ1n) is 6.03. The van der Waals surface area contributed by atoms with Gasteiger partial charge in [-0.2, -0.15) is 5.10 Å². The van der Waals surface area contributed by atoms with Crippen molar-refractivity contribution in [2.24, 2.45) is 12.9 Å². The van der Waals surface area contributed by atoms with Crippen LogP contribution in [0.2, 0.25) is 10.0 Å². The van der Waals surface area contributed by atoms with Crippen molar-refractivity contribution in [3.63, 3.8) is 0 Å². The zero-order valence-corrected chi connectivity index (χ0v) is 14.2. The van der Waals surface area contributed by atoms with E-state index in [2.05, 4.69) is 26.5 Å². The minimum absolute atomic E-state index is 0.0733. The van der Waals surface area contributed by atoms with Crippen molar-refractivity contribution in [2.45, 2.75) is 19.4 Å². The summed E-state index contributed by atoms with van der Waals surface area (Å²) in [6.07, 6.45) is 0.640. The molecule has 1 aromatic carbocycles. The third-order valence-corrected chi connectivity index (χ3v) is 4.91. The Balaban J connectivity index is 2.31. The first-order chi connectivity index (χ1) is 9.43. The summed E-state index contributed by atoms with van der Waals surface area (Å²) in [4.78, 5) is 0. The molecule has 1 aromatic heterocycles. The highest BCUT2D eigenvalue weighted by Crippen LogP contribution is 2.29. The van der Waals surface area contributed by atoms with Gasteiger partial charge in [-0.15, -0.1) is 0 Å². The Labute approximate surface area is 136 Å². The minimum atomic E-state index is -0.0733. The fourth-order valence-electron chi connectivity index (χ4n) is 2.10. The summed E-state index contributed by atoms with van der Waals surface area (Å²) in [5, 5.41) is 5.66. The molecule has 1 heterocycles.